The van der Waals surface area contributed by atoms with Gasteiger partial charge in [-0.25, -0.2) is 9.59 Å². The van der Waals surface area contributed by atoms with Crippen LogP contribution in [0.2, 0.25) is 0 Å². The SMILES string of the molecule is CC(=O)C(=O)OC(CO)COC(=O)C(C)O. The van der Waals surface area contributed by atoms with E-state index in [1.807, 2.05) is 0 Å². The number of esters is 2. The number of Topliss-reactive ketones (excluding diaryl/α,β-unsaturated/α-hetero) is 1. The molecule has 92 valence electrons. The predicted octanol–water partition coefficient (Wildman–Crippen LogP) is -1.60. The summed E-state index contributed by atoms with van der Waals surface area (Å²) in [6.45, 7) is 1.21. The second kappa shape index (κ2) is 6.91. The van der Waals surface area contributed by atoms with Gasteiger partial charge < -0.3 is 19.7 Å². The lowest BCUT2D eigenvalue weighted by Crippen LogP contribution is -2.32. The zero-order chi connectivity index (χ0) is 12.7. The summed E-state index contributed by atoms with van der Waals surface area (Å²) in [6.07, 6.45) is -2.41. The first-order valence-electron chi connectivity index (χ1n) is 4.55. The third-order valence-electron chi connectivity index (χ3n) is 1.52. The van der Waals surface area contributed by atoms with Crippen LogP contribution in [0.1, 0.15) is 13.8 Å². The number of carbonyl (C=O) groups is 3. The molecule has 2 atom stereocenters. The first-order valence-corrected chi connectivity index (χ1v) is 4.55. The number of rotatable bonds is 6. The van der Waals surface area contributed by atoms with Crippen LogP contribution < -0.4 is 0 Å². The van der Waals surface area contributed by atoms with Crippen LogP contribution in [0.3, 0.4) is 0 Å². The molecule has 0 amide bonds. The third-order valence-corrected chi connectivity index (χ3v) is 1.52. The van der Waals surface area contributed by atoms with Crippen LogP contribution in [0.5, 0.6) is 0 Å². The molecule has 0 fully saturated rings. The number of aliphatic hydroxyl groups is 2. The van der Waals surface area contributed by atoms with Crippen LogP contribution in [0.4, 0.5) is 0 Å². The Labute approximate surface area is 92.0 Å². The van der Waals surface area contributed by atoms with Gasteiger partial charge in [0.25, 0.3) is 0 Å². The smallest absolute Gasteiger partial charge is 0.374 e. The lowest BCUT2D eigenvalue weighted by molar-refractivity contribution is -0.167. The minimum Gasteiger partial charge on any atom is -0.460 e. The molecule has 0 aliphatic carbocycles. The number of ether oxygens (including phenoxy) is 2. The summed E-state index contributed by atoms with van der Waals surface area (Å²) < 4.78 is 8.99. The Hall–Kier alpha value is -1.47. The molecule has 0 aromatic rings. The topological polar surface area (TPSA) is 110 Å². The van der Waals surface area contributed by atoms with Crippen molar-refractivity contribution in [3.8, 4) is 0 Å². The van der Waals surface area contributed by atoms with Crippen molar-refractivity contribution in [3.63, 3.8) is 0 Å². The summed E-state index contributed by atoms with van der Waals surface area (Å²) in [5.41, 5.74) is 0. The number of ketones is 1. The number of aliphatic hydroxyl groups excluding tert-OH is 2. The molecule has 0 rings (SSSR count). The fourth-order valence-electron chi connectivity index (χ4n) is 0.654. The fraction of sp³-hybridized carbons (Fsp3) is 0.667. The van der Waals surface area contributed by atoms with Crippen molar-refractivity contribution in [3.05, 3.63) is 0 Å². The van der Waals surface area contributed by atoms with Gasteiger partial charge >= 0.3 is 11.9 Å². The minimum absolute atomic E-state index is 0.417. The van der Waals surface area contributed by atoms with Crippen molar-refractivity contribution in [2.75, 3.05) is 13.2 Å². The summed E-state index contributed by atoms with van der Waals surface area (Å²) in [4.78, 5) is 32.2. The number of hydrogen-bond acceptors (Lipinski definition) is 7. The van der Waals surface area contributed by atoms with E-state index in [0.29, 0.717) is 0 Å². The van der Waals surface area contributed by atoms with E-state index < -0.39 is 43.1 Å². The maximum atomic E-state index is 10.8. The first-order chi connectivity index (χ1) is 7.38. The zero-order valence-electron chi connectivity index (χ0n) is 9.00. The van der Waals surface area contributed by atoms with E-state index in [2.05, 4.69) is 9.47 Å². The average molecular weight is 234 g/mol. The van der Waals surface area contributed by atoms with E-state index >= 15 is 0 Å². The summed E-state index contributed by atoms with van der Waals surface area (Å²) in [5, 5.41) is 17.5. The van der Waals surface area contributed by atoms with Crippen LogP contribution in [-0.4, -0.2) is 53.4 Å². The van der Waals surface area contributed by atoms with Gasteiger partial charge in [0, 0.05) is 6.92 Å². The summed E-state index contributed by atoms with van der Waals surface area (Å²) in [6, 6.07) is 0. The Kier molecular flexibility index (Phi) is 6.28. The standard InChI is InChI=1S/C9H14O7/c1-5(11)8(13)15-4-7(3-10)16-9(14)6(2)12/h5,7,10-11H,3-4H2,1-2H3. The van der Waals surface area contributed by atoms with Gasteiger partial charge in [0.15, 0.2) is 6.10 Å². The second-order valence-corrected chi connectivity index (χ2v) is 3.07. The second-order valence-electron chi connectivity index (χ2n) is 3.07. The zero-order valence-corrected chi connectivity index (χ0v) is 9.00. The van der Waals surface area contributed by atoms with E-state index in [0.717, 1.165) is 6.92 Å². The molecule has 0 aliphatic heterocycles. The van der Waals surface area contributed by atoms with Gasteiger partial charge in [0.2, 0.25) is 5.78 Å². The van der Waals surface area contributed by atoms with E-state index in [9.17, 15) is 14.4 Å². The molecule has 7 heteroatoms. The van der Waals surface area contributed by atoms with Crippen molar-refractivity contribution < 1.29 is 34.1 Å². The molecule has 0 radical (unpaired) electrons. The molecule has 0 spiro atoms. The van der Waals surface area contributed by atoms with Crippen molar-refractivity contribution in [2.24, 2.45) is 0 Å². The van der Waals surface area contributed by atoms with Gasteiger partial charge in [0.05, 0.1) is 6.61 Å². The largest absolute Gasteiger partial charge is 0.460 e. The van der Waals surface area contributed by atoms with Gasteiger partial charge in [-0.05, 0) is 6.92 Å². The van der Waals surface area contributed by atoms with E-state index in [-0.39, 0.29) is 0 Å². The fourth-order valence-corrected chi connectivity index (χ4v) is 0.654. The first kappa shape index (κ1) is 14.5. The summed E-state index contributed by atoms with van der Waals surface area (Å²) in [7, 11) is 0. The monoisotopic (exact) mass is 234 g/mol. The maximum absolute atomic E-state index is 10.8. The molecule has 0 saturated carbocycles. The van der Waals surface area contributed by atoms with Crippen LogP contribution in [0, 0.1) is 0 Å². The minimum atomic E-state index is -1.30. The van der Waals surface area contributed by atoms with Crippen molar-refractivity contribution in [2.45, 2.75) is 26.1 Å². The quantitative estimate of drug-likeness (QED) is 0.420. The Balaban J connectivity index is 4.07. The molecule has 16 heavy (non-hydrogen) atoms. The van der Waals surface area contributed by atoms with Crippen molar-refractivity contribution in [1.29, 1.82) is 0 Å². The van der Waals surface area contributed by atoms with Gasteiger partial charge in [-0.15, -0.1) is 0 Å². The molecule has 0 heterocycles. The van der Waals surface area contributed by atoms with Gasteiger partial charge in [0.1, 0.15) is 12.7 Å². The van der Waals surface area contributed by atoms with Crippen LogP contribution in [0.15, 0.2) is 0 Å². The molecule has 0 aliphatic rings. The van der Waals surface area contributed by atoms with E-state index in [1.54, 1.807) is 0 Å². The number of carbonyl (C=O) groups excluding carboxylic acids is 3. The summed E-state index contributed by atoms with van der Waals surface area (Å²) in [5.74, 6) is -2.84. The average Bonchev–Trinajstić information content (AvgIpc) is 2.22. The maximum Gasteiger partial charge on any atom is 0.374 e. The van der Waals surface area contributed by atoms with Gasteiger partial charge in [-0.2, -0.15) is 0 Å². The molecule has 0 aromatic carbocycles. The highest BCUT2D eigenvalue weighted by atomic mass is 16.6. The molecule has 0 saturated heterocycles. The molecule has 0 bridgehead atoms. The lowest BCUT2D eigenvalue weighted by atomic mass is 10.3. The Morgan fingerprint density at radius 3 is 2.25 bits per heavy atom. The van der Waals surface area contributed by atoms with Crippen molar-refractivity contribution >= 4 is 17.7 Å². The molecular formula is C9H14O7. The number of hydrogen-bond donors (Lipinski definition) is 2. The molecular weight excluding hydrogens is 220 g/mol. The van der Waals surface area contributed by atoms with Crippen LogP contribution in [-0.2, 0) is 23.9 Å². The van der Waals surface area contributed by atoms with Gasteiger partial charge in [-0.1, -0.05) is 0 Å². The summed E-state index contributed by atoms with van der Waals surface area (Å²) >= 11 is 0. The highest BCUT2D eigenvalue weighted by Crippen LogP contribution is 1.96. The van der Waals surface area contributed by atoms with Crippen LogP contribution >= 0.6 is 0 Å². The molecule has 0 aromatic heterocycles. The molecule has 2 unspecified atom stereocenters. The van der Waals surface area contributed by atoms with Crippen molar-refractivity contribution in [1.82, 2.24) is 0 Å². The van der Waals surface area contributed by atoms with E-state index in [4.69, 9.17) is 10.2 Å². The molecule has 2 N–H and O–H groups in total. The normalized spacial score (nSPS) is 13.8. The Morgan fingerprint density at radius 2 is 1.88 bits per heavy atom. The molecule has 7 nitrogen and oxygen atoms in total. The van der Waals surface area contributed by atoms with E-state index in [1.165, 1.54) is 6.92 Å². The Morgan fingerprint density at radius 1 is 1.31 bits per heavy atom. The van der Waals surface area contributed by atoms with Gasteiger partial charge in [-0.3, -0.25) is 4.79 Å². The van der Waals surface area contributed by atoms with Crippen LogP contribution in [0.25, 0.3) is 0 Å². The highest BCUT2D eigenvalue weighted by molar-refractivity contribution is 6.32. The predicted molar refractivity (Wildman–Crippen MR) is 50.3 cm³/mol. The highest BCUT2D eigenvalue weighted by Gasteiger charge is 2.19. The lowest BCUT2D eigenvalue weighted by Gasteiger charge is -2.15. The Bertz CT molecular complexity index is 271. The third kappa shape index (κ3) is 5.42.